The summed E-state index contributed by atoms with van der Waals surface area (Å²) in [6.45, 7) is 2.21. The van der Waals surface area contributed by atoms with Gasteiger partial charge in [0.2, 0.25) is 0 Å². The van der Waals surface area contributed by atoms with E-state index < -0.39 is 0 Å². The lowest BCUT2D eigenvalue weighted by Gasteiger charge is -2.18. The summed E-state index contributed by atoms with van der Waals surface area (Å²) >= 11 is 0. The summed E-state index contributed by atoms with van der Waals surface area (Å²) in [5.41, 5.74) is 9.18. The van der Waals surface area contributed by atoms with E-state index in [1.54, 1.807) is 0 Å². The predicted molar refractivity (Wildman–Crippen MR) is 245 cm³/mol. The minimum absolute atomic E-state index is 0.967. The zero-order chi connectivity index (χ0) is 37.6. The van der Waals surface area contributed by atoms with Crippen LogP contribution in [0.5, 0.6) is 0 Å². The summed E-state index contributed by atoms with van der Waals surface area (Å²) in [7, 11) is 0. The Hall–Kier alpha value is -7.35. The molecule has 1 heterocycles. The fourth-order valence-electron chi connectivity index (χ4n) is 9.68. The van der Waals surface area contributed by atoms with E-state index >= 15 is 0 Å². The molecule has 0 unspecified atom stereocenters. The van der Waals surface area contributed by atoms with Crippen molar-refractivity contribution < 1.29 is 0 Å². The third-order valence-corrected chi connectivity index (χ3v) is 12.4. The van der Waals surface area contributed by atoms with Gasteiger partial charge in [-0.05, 0) is 129 Å². The number of hydrogen-bond donors (Lipinski definition) is 0. The van der Waals surface area contributed by atoms with E-state index in [9.17, 15) is 0 Å². The molecule has 0 fully saturated rings. The summed E-state index contributed by atoms with van der Waals surface area (Å²) in [6, 6.07) is 71.6. The highest BCUT2D eigenvalue weighted by atomic mass is 14.7. The topological polar surface area (TPSA) is 12.9 Å². The van der Waals surface area contributed by atoms with Gasteiger partial charge in [-0.2, -0.15) is 0 Å². The molecule has 1 nitrogen and oxygen atoms in total. The highest BCUT2D eigenvalue weighted by Gasteiger charge is 2.19. The van der Waals surface area contributed by atoms with Crippen molar-refractivity contribution >= 4 is 86.3 Å². The van der Waals surface area contributed by atoms with Crippen LogP contribution in [-0.2, 0) is 0 Å². The number of aromatic nitrogens is 1. The molecular formula is C56H35N. The Morgan fingerprint density at radius 1 is 0.263 bits per heavy atom. The fourth-order valence-corrected chi connectivity index (χ4v) is 9.68. The fraction of sp³-hybridized carbons (Fsp3) is 0.0179. The number of hydrogen-bond acceptors (Lipinski definition) is 1. The van der Waals surface area contributed by atoms with E-state index in [4.69, 9.17) is 4.98 Å². The summed E-state index contributed by atoms with van der Waals surface area (Å²) in [4.78, 5) is 5.62. The molecule has 0 radical (unpaired) electrons. The molecule has 0 amide bonds. The Morgan fingerprint density at radius 3 is 1.19 bits per heavy atom. The maximum Gasteiger partial charge on any atom is 0.0794 e. The van der Waals surface area contributed by atoms with Crippen LogP contribution in [0, 0.1) is 6.92 Å². The lowest BCUT2D eigenvalue weighted by atomic mass is 9.88. The Labute approximate surface area is 330 Å². The van der Waals surface area contributed by atoms with E-state index in [2.05, 4.69) is 201 Å². The van der Waals surface area contributed by atoms with E-state index in [0.717, 1.165) is 27.5 Å². The molecule has 1 aromatic heterocycles. The molecule has 0 aliphatic rings. The van der Waals surface area contributed by atoms with Gasteiger partial charge in [0, 0.05) is 16.3 Å². The van der Waals surface area contributed by atoms with E-state index in [0.29, 0.717) is 0 Å². The van der Waals surface area contributed by atoms with Crippen LogP contribution in [0.15, 0.2) is 194 Å². The van der Waals surface area contributed by atoms with Gasteiger partial charge in [0.15, 0.2) is 0 Å². The minimum Gasteiger partial charge on any atom is -0.247 e. The van der Waals surface area contributed by atoms with Gasteiger partial charge < -0.3 is 0 Å². The second kappa shape index (κ2) is 12.3. The van der Waals surface area contributed by atoms with Crippen molar-refractivity contribution in [3.05, 3.63) is 200 Å². The largest absolute Gasteiger partial charge is 0.247 e. The summed E-state index contributed by atoms with van der Waals surface area (Å²) in [5.74, 6) is 0. The van der Waals surface area contributed by atoms with Gasteiger partial charge in [-0.3, -0.25) is 0 Å². The van der Waals surface area contributed by atoms with Crippen molar-refractivity contribution in [2.45, 2.75) is 6.92 Å². The van der Waals surface area contributed by atoms with Crippen LogP contribution in [0.4, 0.5) is 0 Å². The molecule has 0 N–H and O–H groups in total. The van der Waals surface area contributed by atoms with E-state index in [-0.39, 0.29) is 0 Å². The van der Waals surface area contributed by atoms with Crippen LogP contribution in [-0.4, -0.2) is 4.98 Å². The monoisotopic (exact) mass is 721 g/mol. The molecule has 0 aliphatic carbocycles. The molecule has 57 heavy (non-hydrogen) atoms. The van der Waals surface area contributed by atoms with Crippen molar-refractivity contribution in [3.8, 4) is 33.5 Å². The average molecular weight is 722 g/mol. The van der Waals surface area contributed by atoms with Gasteiger partial charge >= 0.3 is 0 Å². The Kier molecular flexibility index (Phi) is 6.91. The van der Waals surface area contributed by atoms with Crippen molar-refractivity contribution in [2.75, 3.05) is 0 Å². The first-order valence-corrected chi connectivity index (χ1v) is 19.8. The van der Waals surface area contributed by atoms with Gasteiger partial charge in [0.25, 0.3) is 0 Å². The summed E-state index contributed by atoms with van der Waals surface area (Å²) in [5, 5.41) is 18.8. The molecule has 0 aliphatic heterocycles. The molecule has 0 spiro atoms. The smallest absolute Gasteiger partial charge is 0.0794 e. The highest BCUT2D eigenvalue weighted by molar-refractivity contribution is 6.27. The number of benzene rings is 11. The van der Waals surface area contributed by atoms with Crippen molar-refractivity contribution in [3.63, 3.8) is 0 Å². The molecule has 1 heteroatoms. The Balaban J connectivity index is 1.20. The molecule has 0 saturated carbocycles. The van der Waals surface area contributed by atoms with Crippen molar-refractivity contribution in [1.82, 2.24) is 4.98 Å². The lowest BCUT2D eigenvalue weighted by Crippen LogP contribution is -1.94. The van der Waals surface area contributed by atoms with Gasteiger partial charge in [0.1, 0.15) is 0 Å². The third kappa shape index (κ3) is 4.79. The maximum atomic E-state index is 5.62. The molecule has 12 aromatic rings. The zero-order valence-corrected chi connectivity index (χ0v) is 31.4. The van der Waals surface area contributed by atoms with Crippen molar-refractivity contribution in [2.24, 2.45) is 0 Å². The SMILES string of the molecule is Cc1ccccc1-c1cc2c(-c3ccc4c5ccccc5c5ccccc5c4c3)cc(-c3ccc4c5ccccc5c5ccccc5c4c3)nc2c2ccccc12. The number of pyridine rings is 1. The normalized spacial score (nSPS) is 11.9. The molecule has 12 rings (SSSR count). The van der Waals surface area contributed by atoms with Crippen LogP contribution in [0.3, 0.4) is 0 Å². The standard InChI is InChI=1S/C56H35N/c1-34-14-2-3-15-37(34)53-32-54-50(35-26-28-47-42-20-6-4-16-38(42)40-18-8-10-22-44(40)51(47)30-35)33-55(57-56(54)49-25-13-12-24-46(49)53)36-27-29-48-43-21-7-5-17-39(43)41-19-9-11-23-45(41)52(48)31-36/h2-33H,1H3. The van der Waals surface area contributed by atoms with Crippen LogP contribution in [0.1, 0.15) is 5.56 Å². The van der Waals surface area contributed by atoms with Gasteiger partial charge in [0.05, 0.1) is 11.2 Å². The highest BCUT2D eigenvalue weighted by Crippen LogP contribution is 2.44. The molecule has 11 aromatic carbocycles. The van der Waals surface area contributed by atoms with Crippen LogP contribution in [0.2, 0.25) is 0 Å². The first kappa shape index (κ1) is 31.9. The number of aryl methyl sites for hydroxylation is 1. The number of nitrogens with zero attached hydrogens (tertiary/aromatic N) is 1. The second-order valence-corrected chi connectivity index (χ2v) is 15.4. The second-order valence-electron chi connectivity index (χ2n) is 15.4. The van der Waals surface area contributed by atoms with Crippen LogP contribution >= 0.6 is 0 Å². The minimum atomic E-state index is 0.967. The first-order chi connectivity index (χ1) is 28.2. The molecule has 0 bridgehead atoms. The zero-order valence-electron chi connectivity index (χ0n) is 31.4. The summed E-state index contributed by atoms with van der Waals surface area (Å²) in [6.07, 6.45) is 0. The van der Waals surface area contributed by atoms with Gasteiger partial charge in [-0.25, -0.2) is 4.98 Å². The maximum absolute atomic E-state index is 5.62. The third-order valence-electron chi connectivity index (χ3n) is 12.4. The van der Waals surface area contributed by atoms with Crippen LogP contribution < -0.4 is 0 Å². The quantitative estimate of drug-likeness (QED) is 0.166. The average Bonchev–Trinajstić information content (AvgIpc) is 3.28. The van der Waals surface area contributed by atoms with Crippen LogP contribution in [0.25, 0.3) is 120 Å². The lowest BCUT2D eigenvalue weighted by molar-refractivity contribution is 1.41. The van der Waals surface area contributed by atoms with Gasteiger partial charge in [-0.1, -0.05) is 170 Å². The Morgan fingerprint density at radius 2 is 0.667 bits per heavy atom. The molecule has 0 saturated heterocycles. The first-order valence-electron chi connectivity index (χ1n) is 19.8. The van der Waals surface area contributed by atoms with E-state index in [1.165, 1.54) is 97.8 Å². The molecule has 0 atom stereocenters. The molecular weight excluding hydrogens is 687 g/mol. The predicted octanol–water partition coefficient (Wildman–Crippen LogP) is 15.6. The Bertz CT molecular complexity index is 3580. The number of rotatable bonds is 3. The molecule has 264 valence electrons. The van der Waals surface area contributed by atoms with E-state index in [1.807, 2.05) is 0 Å². The summed E-state index contributed by atoms with van der Waals surface area (Å²) < 4.78 is 0. The number of fused-ring (bicyclic) bond motifs is 15. The van der Waals surface area contributed by atoms with Crippen molar-refractivity contribution in [1.29, 1.82) is 0 Å². The van der Waals surface area contributed by atoms with Gasteiger partial charge in [-0.15, -0.1) is 0 Å².